The van der Waals surface area contributed by atoms with Crippen LogP contribution in [0.3, 0.4) is 0 Å². The third-order valence-electron chi connectivity index (χ3n) is 8.87. The Morgan fingerprint density at radius 1 is 1.05 bits per heavy atom. The van der Waals surface area contributed by atoms with E-state index in [-0.39, 0.29) is 11.8 Å². The molecule has 2 saturated carbocycles. The summed E-state index contributed by atoms with van der Waals surface area (Å²) in [5.41, 5.74) is 3.33. The van der Waals surface area contributed by atoms with Crippen LogP contribution in [0.1, 0.15) is 60.0 Å². The lowest BCUT2D eigenvalue weighted by Crippen LogP contribution is -2.43. The van der Waals surface area contributed by atoms with Gasteiger partial charge in [-0.3, -0.25) is 4.79 Å². The summed E-state index contributed by atoms with van der Waals surface area (Å²) in [5, 5.41) is 11.1. The normalized spacial score (nSPS) is 31.1. The van der Waals surface area contributed by atoms with Gasteiger partial charge in [-0.05, 0) is 104 Å². The summed E-state index contributed by atoms with van der Waals surface area (Å²) in [6.45, 7) is 1.86. The molecule has 2 fully saturated rings. The van der Waals surface area contributed by atoms with Crippen molar-refractivity contribution in [2.45, 2.75) is 62.9 Å². The van der Waals surface area contributed by atoms with Crippen LogP contribution in [0.25, 0.3) is 0 Å². The Morgan fingerprint density at radius 3 is 2.74 bits per heavy atom. The summed E-state index contributed by atoms with van der Waals surface area (Å²) in [4.78, 5) is 15.4. The van der Waals surface area contributed by atoms with Gasteiger partial charge in [-0.2, -0.15) is 0 Å². The molecule has 0 aromatic heterocycles. The number of aryl methyl sites for hydroxylation is 1. The highest BCUT2D eigenvalue weighted by molar-refractivity contribution is 7.91. The zero-order valence-corrected chi connectivity index (χ0v) is 23.5. The molecule has 208 valence electrons. The maximum atomic E-state index is 13.2. The molecule has 6 rings (SSSR count). The number of hydrogen-bond donors (Lipinski definition) is 2. The SMILES string of the molecule is O=C1NS(=O)(=O)[C@H]2C[C@H]2C/C=C/[C@H](O)[C@@H]2CC[C@H]2CN2CCCCc3cc(Cl)ccc3COc3ccc1cc32. The number of ether oxygens (including phenoxy) is 1. The molecule has 2 aromatic rings. The van der Waals surface area contributed by atoms with E-state index in [4.69, 9.17) is 16.3 Å². The number of carbonyl (C=O) groups is 1. The monoisotopic (exact) mass is 570 g/mol. The number of fused-ring (bicyclic) bond motifs is 4. The maximum Gasteiger partial charge on any atom is 0.264 e. The molecule has 2 aliphatic carbocycles. The van der Waals surface area contributed by atoms with E-state index >= 15 is 0 Å². The number of aliphatic hydroxyl groups is 1. The molecular formula is C30H35ClN2O5S. The third kappa shape index (κ3) is 5.70. The lowest BCUT2D eigenvalue weighted by Gasteiger charge is -2.42. The molecule has 0 radical (unpaired) electrons. The van der Waals surface area contributed by atoms with Gasteiger partial charge in [0, 0.05) is 23.7 Å². The van der Waals surface area contributed by atoms with Crippen molar-refractivity contribution in [1.29, 1.82) is 0 Å². The van der Waals surface area contributed by atoms with Crippen molar-refractivity contribution >= 4 is 33.2 Å². The number of rotatable bonds is 0. The molecule has 2 bridgehead atoms. The van der Waals surface area contributed by atoms with Crippen molar-refractivity contribution in [2.24, 2.45) is 17.8 Å². The molecule has 4 aliphatic rings. The van der Waals surface area contributed by atoms with Gasteiger partial charge < -0.3 is 14.7 Å². The molecule has 2 aromatic carbocycles. The van der Waals surface area contributed by atoms with E-state index in [2.05, 4.69) is 9.62 Å². The summed E-state index contributed by atoms with van der Waals surface area (Å²) in [6.07, 6.45) is 9.12. The summed E-state index contributed by atoms with van der Waals surface area (Å²) in [7, 11) is -3.79. The average molecular weight is 571 g/mol. The van der Waals surface area contributed by atoms with Crippen LogP contribution in [0.15, 0.2) is 48.6 Å². The number of hydrogen-bond acceptors (Lipinski definition) is 6. The number of carbonyl (C=O) groups excluding carboxylic acids is 1. The molecular weight excluding hydrogens is 536 g/mol. The largest absolute Gasteiger partial charge is 0.487 e. The van der Waals surface area contributed by atoms with Gasteiger partial charge in [0.25, 0.3) is 5.91 Å². The number of nitrogens with zero attached hydrogens (tertiary/aromatic N) is 1. The molecule has 0 unspecified atom stereocenters. The predicted molar refractivity (Wildman–Crippen MR) is 152 cm³/mol. The number of aliphatic hydroxyl groups excluding tert-OH is 1. The van der Waals surface area contributed by atoms with Crippen LogP contribution >= 0.6 is 11.6 Å². The highest BCUT2D eigenvalue weighted by atomic mass is 35.5. The van der Waals surface area contributed by atoms with Crippen LogP contribution in [-0.4, -0.2) is 43.9 Å². The van der Waals surface area contributed by atoms with Crippen LogP contribution in [0, 0.1) is 17.8 Å². The lowest BCUT2D eigenvalue weighted by atomic mass is 9.70. The van der Waals surface area contributed by atoms with E-state index < -0.39 is 27.3 Å². The van der Waals surface area contributed by atoms with Gasteiger partial charge >= 0.3 is 0 Å². The molecule has 2 aliphatic heterocycles. The Bertz CT molecular complexity index is 1390. The standard InChI is InChI=1S/C30H35ClN2O5S/c31-24-10-7-23-18-38-28-12-9-21-15-26(28)33(13-2-1-4-19(23)14-24)17-22-8-11-25(22)27(34)6-3-5-20-16-29(20)39(36,37)32-30(21)35/h3,6-7,9-10,12,14-15,20,22,25,27,29,34H,1-2,4-5,8,11,13,16-18H2,(H,32,35)/b6-3+/t20-,22+,25-,27+,29+/m1/s1. The topological polar surface area (TPSA) is 95.9 Å². The van der Waals surface area contributed by atoms with Gasteiger partial charge in [0.1, 0.15) is 12.4 Å². The van der Waals surface area contributed by atoms with Gasteiger partial charge in [0.15, 0.2) is 0 Å². The zero-order valence-electron chi connectivity index (χ0n) is 21.9. The first kappa shape index (κ1) is 26.7. The van der Waals surface area contributed by atoms with Crippen molar-refractivity contribution in [3.05, 3.63) is 70.3 Å². The number of sulfonamides is 1. The lowest BCUT2D eigenvalue weighted by molar-refractivity contribution is 0.0461. The van der Waals surface area contributed by atoms with E-state index in [1.165, 1.54) is 5.56 Å². The molecule has 7 nitrogen and oxygen atoms in total. The zero-order chi connectivity index (χ0) is 27.1. The second-order valence-corrected chi connectivity index (χ2v) is 13.8. The van der Waals surface area contributed by atoms with Crippen LogP contribution in [0.4, 0.5) is 5.69 Å². The van der Waals surface area contributed by atoms with Crippen molar-refractivity contribution in [1.82, 2.24) is 4.72 Å². The Kier molecular flexibility index (Phi) is 7.37. The fourth-order valence-electron chi connectivity index (χ4n) is 6.28. The first-order chi connectivity index (χ1) is 18.8. The van der Waals surface area contributed by atoms with E-state index in [9.17, 15) is 18.3 Å². The summed E-state index contributed by atoms with van der Waals surface area (Å²) in [6, 6.07) is 11.1. The highest BCUT2D eigenvalue weighted by Gasteiger charge is 2.47. The second-order valence-electron chi connectivity index (χ2n) is 11.5. The van der Waals surface area contributed by atoms with E-state index in [1.54, 1.807) is 18.2 Å². The number of benzene rings is 2. The van der Waals surface area contributed by atoms with Crippen LogP contribution in [-0.2, 0) is 23.1 Å². The summed E-state index contributed by atoms with van der Waals surface area (Å²) >= 11 is 6.29. The molecule has 5 atom stereocenters. The maximum absolute atomic E-state index is 13.2. The minimum atomic E-state index is -3.79. The van der Waals surface area contributed by atoms with Gasteiger partial charge in [0.2, 0.25) is 10.0 Å². The molecule has 0 spiro atoms. The third-order valence-corrected chi connectivity index (χ3v) is 11.0. The van der Waals surface area contributed by atoms with Gasteiger partial charge in [-0.25, -0.2) is 13.1 Å². The fraction of sp³-hybridized carbons (Fsp3) is 0.500. The van der Waals surface area contributed by atoms with E-state index in [0.29, 0.717) is 41.7 Å². The number of allylic oxidation sites excluding steroid dienone is 1. The van der Waals surface area contributed by atoms with Crippen molar-refractivity contribution in [3.8, 4) is 5.75 Å². The molecule has 0 saturated heterocycles. The van der Waals surface area contributed by atoms with E-state index in [0.717, 1.165) is 56.4 Å². The van der Waals surface area contributed by atoms with Crippen molar-refractivity contribution < 1.29 is 23.1 Å². The number of anilines is 1. The van der Waals surface area contributed by atoms with Crippen molar-refractivity contribution in [3.63, 3.8) is 0 Å². The highest BCUT2D eigenvalue weighted by Crippen LogP contribution is 2.42. The second kappa shape index (κ2) is 10.8. The van der Waals surface area contributed by atoms with Gasteiger partial charge in [0.05, 0.1) is 17.0 Å². The predicted octanol–water partition coefficient (Wildman–Crippen LogP) is 4.86. The number of amides is 1. The Labute approximate surface area is 235 Å². The van der Waals surface area contributed by atoms with Crippen LogP contribution < -0.4 is 14.4 Å². The Balaban J connectivity index is 1.37. The summed E-state index contributed by atoms with van der Waals surface area (Å²) < 4.78 is 34.5. The first-order valence-corrected chi connectivity index (χ1v) is 15.9. The minimum absolute atomic E-state index is 0.0297. The van der Waals surface area contributed by atoms with Gasteiger partial charge in [-0.15, -0.1) is 0 Å². The van der Waals surface area contributed by atoms with Crippen LogP contribution in [0.2, 0.25) is 5.02 Å². The smallest absolute Gasteiger partial charge is 0.264 e. The number of nitrogens with one attached hydrogen (secondary N) is 1. The molecule has 9 heteroatoms. The van der Waals surface area contributed by atoms with E-state index in [1.807, 2.05) is 30.4 Å². The molecule has 2 N–H and O–H groups in total. The minimum Gasteiger partial charge on any atom is -0.487 e. The first-order valence-electron chi connectivity index (χ1n) is 14.0. The van der Waals surface area contributed by atoms with Crippen LogP contribution in [0.5, 0.6) is 5.75 Å². The summed E-state index contributed by atoms with van der Waals surface area (Å²) in [5.74, 6) is 0.485. The molecule has 2 heterocycles. The number of halogens is 1. The molecule has 1 amide bonds. The molecule has 39 heavy (non-hydrogen) atoms. The fourth-order valence-corrected chi connectivity index (χ4v) is 8.12. The Hall–Kier alpha value is -2.55. The quantitative estimate of drug-likeness (QED) is 0.439. The van der Waals surface area contributed by atoms with Gasteiger partial charge in [-0.1, -0.05) is 29.8 Å². The average Bonchev–Trinajstić information content (AvgIpc) is 3.67. The Morgan fingerprint density at radius 2 is 1.92 bits per heavy atom. The van der Waals surface area contributed by atoms with Crippen molar-refractivity contribution in [2.75, 3.05) is 18.0 Å².